The third-order valence-electron chi connectivity index (χ3n) is 10.2. The number of amides is 1. The number of para-hydroxylation sites is 2. The van der Waals surface area contributed by atoms with E-state index >= 15 is 0 Å². The normalized spacial score (nSPS) is 25.1. The number of nitrogens with one attached hydrogen (secondary N) is 1. The summed E-state index contributed by atoms with van der Waals surface area (Å²) in [6, 6.07) is 17.2. The van der Waals surface area contributed by atoms with Gasteiger partial charge in [-0.25, -0.2) is 9.78 Å². The lowest BCUT2D eigenvalue weighted by atomic mass is 9.74. The van der Waals surface area contributed by atoms with Gasteiger partial charge in [0.2, 0.25) is 0 Å². The Hall–Kier alpha value is -3.39. The number of benzene rings is 3. The third-order valence-corrected chi connectivity index (χ3v) is 10.2. The van der Waals surface area contributed by atoms with E-state index in [1.54, 1.807) is 7.11 Å². The van der Waals surface area contributed by atoms with E-state index in [0.29, 0.717) is 13.2 Å². The molecular formula is C33H35N3O4. The molecule has 5 heterocycles. The molecule has 40 heavy (non-hydrogen) atoms. The summed E-state index contributed by atoms with van der Waals surface area (Å²) in [5, 5.41) is 7.75. The highest BCUT2D eigenvalue weighted by Gasteiger charge is 2.58. The first-order chi connectivity index (χ1) is 19.5. The van der Waals surface area contributed by atoms with E-state index in [0.717, 1.165) is 71.5 Å². The van der Waals surface area contributed by atoms with Crippen molar-refractivity contribution >= 4 is 49.5 Å². The maximum absolute atomic E-state index is 13.4. The molecular weight excluding hydrogens is 502 g/mol. The van der Waals surface area contributed by atoms with Crippen molar-refractivity contribution in [2.75, 3.05) is 13.7 Å². The van der Waals surface area contributed by atoms with Crippen LogP contribution in [0.3, 0.4) is 0 Å². The van der Waals surface area contributed by atoms with Crippen molar-refractivity contribution in [2.45, 2.75) is 70.9 Å². The Bertz CT molecular complexity index is 1850. The number of hydrogen-bond donors (Lipinski definition) is 1. The van der Waals surface area contributed by atoms with E-state index < -0.39 is 5.72 Å². The Labute approximate surface area is 232 Å². The Kier molecular flexibility index (Phi) is 5.22. The first-order valence-electron chi connectivity index (χ1n) is 14.6. The highest BCUT2D eigenvalue weighted by Crippen LogP contribution is 2.62. The van der Waals surface area contributed by atoms with Gasteiger partial charge in [0.05, 0.1) is 41.3 Å². The van der Waals surface area contributed by atoms with Crippen LogP contribution in [-0.4, -0.2) is 28.8 Å². The van der Waals surface area contributed by atoms with Gasteiger partial charge in [-0.3, -0.25) is 4.79 Å². The average Bonchev–Trinajstić information content (AvgIpc) is 3.65. The molecule has 1 N–H and O–H groups in total. The predicted octanol–water partition coefficient (Wildman–Crippen LogP) is 7.29. The Morgan fingerprint density at radius 3 is 2.48 bits per heavy atom. The van der Waals surface area contributed by atoms with Crippen LogP contribution in [-0.2, 0) is 26.8 Å². The van der Waals surface area contributed by atoms with Crippen LogP contribution in [0.5, 0.6) is 0 Å². The molecule has 3 aliphatic rings. The zero-order valence-electron chi connectivity index (χ0n) is 23.4. The maximum atomic E-state index is 13.4. The standard InChI is InChI=1S/C33H35N3O4/c1-32(16-10-4-5-11-17-39-38-3)18-25-35-23-14-8-6-12-20(23)27-28-22(19-34-31(28)37)26-21-13-7-9-15-24(21)36(30(26)29(27)35)33(32,2)40-25/h6-9,12-15,25H,4-5,10-11,16-19H2,1-3H3,(H,34,37)/t25?,32-,33-/m1/s1. The molecule has 3 aromatic carbocycles. The lowest BCUT2D eigenvalue weighted by Gasteiger charge is -2.41. The van der Waals surface area contributed by atoms with Gasteiger partial charge in [0.15, 0.2) is 5.72 Å². The van der Waals surface area contributed by atoms with Crippen LogP contribution in [0, 0.1) is 5.41 Å². The van der Waals surface area contributed by atoms with Crippen molar-refractivity contribution in [1.82, 2.24) is 14.5 Å². The fourth-order valence-electron chi connectivity index (χ4n) is 8.16. The Balaban J connectivity index is 1.39. The molecule has 206 valence electrons. The monoisotopic (exact) mass is 537 g/mol. The minimum atomic E-state index is -0.546. The van der Waals surface area contributed by atoms with Gasteiger partial charge < -0.3 is 19.2 Å². The van der Waals surface area contributed by atoms with Gasteiger partial charge in [0.1, 0.15) is 6.23 Å². The van der Waals surface area contributed by atoms with Gasteiger partial charge in [0.25, 0.3) is 5.91 Å². The second kappa shape index (κ2) is 8.56. The molecule has 2 aromatic heterocycles. The van der Waals surface area contributed by atoms with Gasteiger partial charge in [-0.2, -0.15) is 0 Å². The predicted molar refractivity (Wildman–Crippen MR) is 156 cm³/mol. The molecule has 1 unspecified atom stereocenters. The summed E-state index contributed by atoms with van der Waals surface area (Å²) in [4.78, 5) is 23.2. The molecule has 0 radical (unpaired) electrons. The maximum Gasteiger partial charge on any atom is 0.252 e. The molecule has 0 aliphatic carbocycles. The van der Waals surface area contributed by atoms with Crippen LogP contribution in [0.25, 0.3) is 43.6 Å². The van der Waals surface area contributed by atoms with Crippen LogP contribution >= 0.6 is 0 Å². The summed E-state index contributed by atoms with van der Waals surface area (Å²) in [6.45, 7) is 5.93. The number of unbranched alkanes of at least 4 members (excludes halogenated alkanes) is 3. The lowest BCUT2D eigenvalue weighted by molar-refractivity contribution is -0.272. The summed E-state index contributed by atoms with van der Waals surface area (Å²) in [5.74, 6) is 0.0268. The van der Waals surface area contributed by atoms with Crippen molar-refractivity contribution in [2.24, 2.45) is 5.41 Å². The molecule has 0 saturated carbocycles. The molecule has 1 saturated heterocycles. The van der Waals surface area contributed by atoms with Crippen LogP contribution in [0.1, 0.15) is 74.5 Å². The lowest BCUT2D eigenvalue weighted by Crippen LogP contribution is -2.43. The molecule has 1 fully saturated rings. The van der Waals surface area contributed by atoms with Gasteiger partial charge in [-0.1, -0.05) is 62.6 Å². The van der Waals surface area contributed by atoms with Crippen molar-refractivity contribution in [3.8, 4) is 0 Å². The summed E-state index contributed by atoms with van der Waals surface area (Å²) in [7, 11) is 1.56. The number of rotatable bonds is 8. The molecule has 8 rings (SSSR count). The first kappa shape index (κ1) is 24.4. The van der Waals surface area contributed by atoms with Crippen LogP contribution in [0.4, 0.5) is 0 Å². The van der Waals surface area contributed by atoms with Crippen molar-refractivity contribution < 1.29 is 19.3 Å². The van der Waals surface area contributed by atoms with Gasteiger partial charge >= 0.3 is 0 Å². The topological polar surface area (TPSA) is 66.7 Å². The number of ether oxygens (including phenoxy) is 1. The van der Waals surface area contributed by atoms with Gasteiger partial charge in [-0.15, -0.1) is 0 Å². The summed E-state index contributed by atoms with van der Waals surface area (Å²) in [5.41, 5.74) is 5.98. The van der Waals surface area contributed by atoms with E-state index in [-0.39, 0.29) is 17.6 Å². The molecule has 3 atom stereocenters. The van der Waals surface area contributed by atoms with Crippen molar-refractivity contribution in [3.63, 3.8) is 0 Å². The highest BCUT2D eigenvalue weighted by molar-refractivity contribution is 6.31. The summed E-state index contributed by atoms with van der Waals surface area (Å²) < 4.78 is 12.2. The van der Waals surface area contributed by atoms with Crippen molar-refractivity contribution in [1.29, 1.82) is 0 Å². The highest BCUT2D eigenvalue weighted by atomic mass is 17.2. The molecule has 5 aromatic rings. The van der Waals surface area contributed by atoms with Crippen LogP contribution < -0.4 is 5.32 Å². The Morgan fingerprint density at radius 1 is 0.950 bits per heavy atom. The molecule has 3 aliphatic heterocycles. The third kappa shape index (κ3) is 2.98. The second-order valence-electron chi connectivity index (χ2n) is 12.2. The van der Waals surface area contributed by atoms with Crippen LogP contribution in [0.15, 0.2) is 48.5 Å². The first-order valence-corrected chi connectivity index (χ1v) is 14.6. The zero-order valence-corrected chi connectivity index (χ0v) is 23.4. The van der Waals surface area contributed by atoms with Gasteiger partial charge in [-0.05, 0) is 37.5 Å². The summed E-state index contributed by atoms with van der Waals surface area (Å²) >= 11 is 0. The smallest absolute Gasteiger partial charge is 0.252 e. The van der Waals surface area contributed by atoms with Crippen molar-refractivity contribution in [3.05, 3.63) is 59.7 Å². The van der Waals surface area contributed by atoms with E-state index in [1.165, 1.54) is 21.8 Å². The number of hydrogen-bond acceptors (Lipinski definition) is 4. The number of aromatic nitrogens is 2. The molecule has 7 heteroatoms. The van der Waals surface area contributed by atoms with Crippen LogP contribution in [0.2, 0.25) is 0 Å². The number of carbonyl (C=O) groups excluding carboxylic acids is 1. The van der Waals surface area contributed by atoms with Gasteiger partial charge in [0, 0.05) is 39.9 Å². The minimum Gasteiger partial charge on any atom is -0.348 e. The molecule has 2 bridgehead atoms. The molecule has 7 nitrogen and oxygen atoms in total. The average molecular weight is 538 g/mol. The Morgan fingerprint density at radius 2 is 1.68 bits per heavy atom. The quantitative estimate of drug-likeness (QED) is 0.128. The zero-order chi connectivity index (χ0) is 27.2. The molecule has 1 amide bonds. The van der Waals surface area contributed by atoms with E-state index in [1.807, 2.05) is 0 Å². The number of fused-ring (bicyclic) bond motifs is 13. The second-order valence-corrected chi connectivity index (χ2v) is 12.2. The van der Waals surface area contributed by atoms with E-state index in [4.69, 9.17) is 14.5 Å². The number of nitrogens with zero attached hydrogens (tertiary/aromatic N) is 2. The fraction of sp³-hybridized carbons (Fsp3) is 0.424. The summed E-state index contributed by atoms with van der Waals surface area (Å²) in [6.07, 6.45) is 6.28. The molecule has 0 spiro atoms. The largest absolute Gasteiger partial charge is 0.348 e. The number of carbonyl (C=O) groups is 1. The van der Waals surface area contributed by atoms with E-state index in [2.05, 4.69) is 76.8 Å². The fourth-order valence-corrected chi connectivity index (χ4v) is 8.16. The minimum absolute atomic E-state index is 0.0268. The SMILES string of the molecule is COOCCCCCC[C@]1(C)CC2O[C@@]1(C)n1c3ccccc3c3c4c(c5c6ccccc6n2c5c31)C(=O)NC4. The van der Waals surface area contributed by atoms with E-state index in [9.17, 15) is 4.79 Å².